The van der Waals surface area contributed by atoms with Gasteiger partial charge >= 0.3 is 11.9 Å². The molecule has 0 aromatic heterocycles. The zero-order valence-electron chi connectivity index (χ0n) is 12.7. The van der Waals surface area contributed by atoms with Crippen molar-refractivity contribution in [3.05, 3.63) is 24.3 Å². The van der Waals surface area contributed by atoms with Crippen molar-refractivity contribution in [2.75, 3.05) is 13.2 Å². The Balaban J connectivity index is 4.03. The van der Waals surface area contributed by atoms with Gasteiger partial charge in [0.2, 0.25) is 0 Å². The summed E-state index contributed by atoms with van der Waals surface area (Å²) >= 11 is 0. The predicted molar refractivity (Wildman–Crippen MR) is 76.0 cm³/mol. The highest BCUT2D eigenvalue weighted by Crippen LogP contribution is 2.23. The number of rotatable bonds is 7. The highest BCUT2D eigenvalue weighted by molar-refractivity contribution is 5.88. The van der Waals surface area contributed by atoms with Crippen molar-refractivity contribution in [2.24, 2.45) is 5.41 Å². The second kappa shape index (κ2) is 7.85. The highest BCUT2D eigenvalue weighted by Gasteiger charge is 2.19. The van der Waals surface area contributed by atoms with E-state index in [0.717, 1.165) is 0 Å². The Hall–Kier alpha value is -1.62. The normalized spacial score (nSPS) is 12.4. The van der Waals surface area contributed by atoms with Crippen LogP contribution in [0, 0.1) is 5.41 Å². The average Bonchev–Trinajstić information content (AvgIpc) is 2.30. The minimum absolute atomic E-state index is 0.0638. The Morgan fingerprint density at radius 1 is 1.10 bits per heavy atom. The third-order valence-electron chi connectivity index (χ3n) is 2.19. The van der Waals surface area contributed by atoms with Gasteiger partial charge in [0, 0.05) is 11.1 Å². The third kappa shape index (κ3) is 8.48. The summed E-state index contributed by atoms with van der Waals surface area (Å²) in [6.07, 6.45) is -0.559. The van der Waals surface area contributed by atoms with Crippen molar-refractivity contribution in [1.29, 1.82) is 0 Å². The Bertz CT molecular complexity index is 390. The molecule has 5 heteroatoms. The van der Waals surface area contributed by atoms with Crippen LogP contribution in [0.15, 0.2) is 24.3 Å². The molecule has 0 aromatic rings. The number of carbonyl (C=O) groups excluding carboxylic acids is 2. The number of carbonyl (C=O) groups is 2. The Morgan fingerprint density at radius 2 is 1.55 bits per heavy atom. The van der Waals surface area contributed by atoms with Crippen LogP contribution in [0.5, 0.6) is 0 Å². The van der Waals surface area contributed by atoms with Crippen LogP contribution in [0.4, 0.5) is 0 Å². The average molecular weight is 284 g/mol. The van der Waals surface area contributed by atoms with Crippen molar-refractivity contribution in [2.45, 2.75) is 40.2 Å². The molecule has 0 bridgehead atoms. The maximum absolute atomic E-state index is 11.6. The van der Waals surface area contributed by atoms with Crippen molar-refractivity contribution in [3.8, 4) is 0 Å². The highest BCUT2D eigenvalue weighted by atomic mass is 16.6. The van der Waals surface area contributed by atoms with E-state index < -0.39 is 18.0 Å². The first-order valence-corrected chi connectivity index (χ1v) is 6.38. The lowest BCUT2D eigenvalue weighted by Gasteiger charge is -2.19. The van der Waals surface area contributed by atoms with Crippen LogP contribution in [0.25, 0.3) is 0 Å². The second-order valence-electron chi connectivity index (χ2n) is 5.97. The number of hydrogen-bond donors (Lipinski definition) is 1. The van der Waals surface area contributed by atoms with Crippen LogP contribution in [0.1, 0.15) is 34.1 Å². The van der Waals surface area contributed by atoms with Gasteiger partial charge in [0.1, 0.15) is 19.3 Å². The van der Waals surface area contributed by atoms with E-state index in [4.69, 9.17) is 9.47 Å². The van der Waals surface area contributed by atoms with E-state index in [2.05, 4.69) is 13.2 Å². The number of hydrogen-bond acceptors (Lipinski definition) is 5. The van der Waals surface area contributed by atoms with Gasteiger partial charge in [0.15, 0.2) is 0 Å². The number of esters is 2. The van der Waals surface area contributed by atoms with Gasteiger partial charge in [-0.25, -0.2) is 9.59 Å². The lowest BCUT2D eigenvalue weighted by molar-refractivity contribution is -0.147. The molecule has 0 aliphatic heterocycles. The fourth-order valence-corrected chi connectivity index (χ4v) is 1.33. The maximum atomic E-state index is 11.6. The zero-order valence-corrected chi connectivity index (χ0v) is 12.7. The monoisotopic (exact) mass is 284 g/mol. The molecule has 1 atom stereocenters. The van der Waals surface area contributed by atoms with Gasteiger partial charge in [-0.05, 0) is 18.8 Å². The summed E-state index contributed by atoms with van der Waals surface area (Å²) in [4.78, 5) is 22.7. The fraction of sp³-hybridized carbons (Fsp3) is 0.600. The first kappa shape index (κ1) is 18.4. The van der Waals surface area contributed by atoms with Crippen molar-refractivity contribution in [1.82, 2.24) is 0 Å². The predicted octanol–water partition coefficient (Wildman–Crippen LogP) is 2.00. The molecule has 0 spiro atoms. The van der Waals surface area contributed by atoms with E-state index in [9.17, 15) is 14.7 Å². The van der Waals surface area contributed by atoms with E-state index in [-0.39, 0.29) is 24.2 Å². The molecule has 0 saturated carbocycles. The summed E-state index contributed by atoms with van der Waals surface area (Å²) < 4.78 is 9.64. The number of aliphatic hydroxyl groups excluding tert-OH is 1. The first-order chi connectivity index (χ1) is 9.03. The molecular formula is C15H24O5. The minimum Gasteiger partial charge on any atom is -0.459 e. The summed E-state index contributed by atoms with van der Waals surface area (Å²) in [6, 6.07) is 0. The number of aliphatic hydroxyl groups is 1. The van der Waals surface area contributed by atoms with Crippen LogP contribution < -0.4 is 0 Å². The van der Waals surface area contributed by atoms with Crippen molar-refractivity contribution in [3.63, 3.8) is 0 Å². The molecule has 0 radical (unpaired) electrons. The third-order valence-corrected chi connectivity index (χ3v) is 2.19. The van der Waals surface area contributed by atoms with Crippen LogP contribution in [-0.4, -0.2) is 36.4 Å². The van der Waals surface area contributed by atoms with E-state index in [1.54, 1.807) is 0 Å². The van der Waals surface area contributed by atoms with Gasteiger partial charge in [0.25, 0.3) is 0 Å². The summed E-state index contributed by atoms with van der Waals surface area (Å²) in [5.41, 5.74) is 0.530. The lowest BCUT2D eigenvalue weighted by Crippen LogP contribution is -2.26. The molecule has 1 N–H and O–H groups in total. The quantitative estimate of drug-likeness (QED) is 0.572. The fourth-order valence-electron chi connectivity index (χ4n) is 1.33. The summed E-state index contributed by atoms with van der Waals surface area (Å²) in [5, 5.41) is 9.53. The van der Waals surface area contributed by atoms with Gasteiger partial charge in [-0.1, -0.05) is 33.9 Å². The minimum atomic E-state index is -1.07. The summed E-state index contributed by atoms with van der Waals surface area (Å²) in [7, 11) is 0. The van der Waals surface area contributed by atoms with Gasteiger partial charge < -0.3 is 14.6 Å². The molecule has 0 heterocycles. The lowest BCUT2D eigenvalue weighted by atomic mass is 9.88. The van der Waals surface area contributed by atoms with Gasteiger partial charge in [0.05, 0.1) is 0 Å². The van der Waals surface area contributed by atoms with E-state index in [0.29, 0.717) is 12.0 Å². The molecule has 0 aliphatic rings. The van der Waals surface area contributed by atoms with Crippen LogP contribution in [0.2, 0.25) is 0 Å². The Labute approximate surface area is 120 Å². The second-order valence-corrected chi connectivity index (χ2v) is 5.97. The molecule has 0 rings (SSSR count). The maximum Gasteiger partial charge on any atom is 0.333 e. The standard InChI is InChI=1S/C15H24O5/c1-10(2)13(17)19-8-12(16)9-20-14(18)11(3)7-15(4,5)6/h12,16H,1,3,7-9H2,2,4-6H3. The molecule has 5 nitrogen and oxygen atoms in total. The molecule has 114 valence electrons. The molecule has 1 unspecified atom stereocenters. The number of ether oxygens (including phenoxy) is 2. The van der Waals surface area contributed by atoms with E-state index >= 15 is 0 Å². The van der Waals surface area contributed by atoms with Gasteiger partial charge in [-0.3, -0.25) is 0 Å². The van der Waals surface area contributed by atoms with Gasteiger partial charge in [-0.2, -0.15) is 0 Å². The van der Waals surface area contributed by atoms with Crippen LogP contribution in [0.3, 0.4) is 0 Å². The Morgan fingerprint density at radius 3 is 1.95 bits per heavy atom. The first-order valence-electron chi connectivity index (χ1n) is 6.38. The van der Waals surface area contributed by atoms with Crippen LogP contribution >= 0.6 is 0 Å². The van der Waals surface area contributed by atoms with Crippen molar-refractivity contribution >= 4 is 11.9 Å². The van der Waals surface area contributed by atoms with Gasteiger partial charge in [-0.15, -0.1) is 0 Å². The van der Waals surface area contributed by atoms with Crippen LogP contribution in [-0.2, 0) is 19.1 Å². The molecule has 0 aromatic carbocycles. The van der Waals surface area contributed by atoms with E-state index in [1.807, 2.05) is 20.8 Å². The summed E-state index contributed by atoms with van der Waals surface area (Å²) in [6.45, 7) is 14.0. The molecule has 0 aliphatic carbocycles. The molecule has 20 heavy (non-hydrogen) atoms. The zero-order chi connectivity index (χ0) is 15.9. The SMILES string of the molecule is C=C(C)C(=O)OCC(O)COC(=O)C(=C)CC(C)(C)C. The Kier molecular flexibility index (Phi) is 7.21. The van der Waals surface area contributed by atoms with E-state index in [1.165, 1.54) is 6.92 Å². The molecule has 0 fully saturated rings. The molecular weight excluding hydrogens is 260 g/mol. The summed E-state index contributed by atoms with van der Waals surface area (Å²) in [5.74, 6) is -1.14. The molecule has 0 saturated heterocycles. The van der Waals surface area contributed by atoms with Crippen molar-refractivity contribution < 1.29 is 24.2 Å². The largest absolute Gasteiger partial charge is 0.459 e. The topological polar surface area (TPSA) is 72.8 Å². The smallest absolute Gasteiger partial charge is 0.333 e. The molecule has 0 amide bonds.